The van der Waals surface area contributed by atoms with Crippen molar-refractivity contribution in [3.8, 4) is 0 Å². The van der Waals surface area contributed by atoms with E-state index in [2.05, 4.69) is 31.5 Å². The summed E-state index contributed by atoms with van der Waals surface area (Å²) in [6, 6.07) is -2.06. The van der Waals surface area contributed by atoms with Crippen LogP contribution in [0.2, 0.25) is 0 Å². The molecule has 176 valence electrons. The molecule has 14 heteroatoms. The van der Waals surface area contributed by atoms with Crippen LogP contribution >= 0.6 is 0 Å². The van der Waals surface area contributed by atoms with E-state index in [-0.39, 0.29) is 30.2 Å². The smallest absolute Gasteiger partial charge is 0.326 e. The van der Waals surface area contributed by atoms with Gasteiger partial charge < -0.3 is 43.2 Å². The zero-order valence-corrected chi connectivity index (χ0v) is 18.0. The molecule has 3 amide bonds. The average Bonchev–Trinajstić information content (AvgIpc) is 3.11. The van der Waals surface area contributed by atoms with E-state index in [0.29, 0.717) is 31.6 Å². The van der Waals surface area contributed by atoms with E-state index in [1.54, 1.807) is 0 Å². The summed E-state index contributed by atoms with van der Waals surface area (Å²) < 4.78 is 5.03. The molecule has 0 fully saturated rings. The first-order valence-electron chi connectivity index (χ1n) is 9.59. The first-order chi connectivity index (χ1) is 14.4. The molecule has 0 aliphatic heterocycles. The van der Waals surface area contributed by atoms with Crippen LogP contribution in [0.1, 0.15) is 57.8 Å². The van der Waals surface area contributed by atoms with Gasteiger partial charge in [0, 0.05) is 13.5 Å². The van der Waals surface area contributed by atoms with Gasteiger partial charge in [-0.3, -0.25) is 9.79 Å². The Balaban J connectivity index is 0.00000206. The maximum Gasteiger partial charge on any atom is 0.326 e. The summed E-state index contributed by atoms with van der Waals surface area (Å²) in [5.74, 6) is -0.812. The van der Waals surface area contributed by atoms with Gasteiger partial charge in [-0.05, 0) is 25.2 Å². The lowest BCUT2D eigenvalue weighted by Gasteiger charge is -2.16. The number of aliphatic carboxylic acids is 1. The summed E-state index contributed by atoms with van der Waals surface area (Å²) >= 11 is 0. The van der Waals surface area contributed by atoms with Gasteiger partial charge in [-0.25, -0.2) is 9.59 Å². The minimum atomic E-state index is -1.09. The Morgan fingerprint density at radius 1 is 1.23 bits per heavy atom. The normalized spacial score (nSPS) is 12.2. The van der Waals surface area contributed by atoms with Gasteiger partial charge in [-0.15, -0.1) is 0 Å². The zero-order valence-electron chi connectivity index (χ0n) is 18.0. The second-order valence-corrected chi connectivity index (χ2v) is 7.06. The molecule has 0 bridgehead atoms. The minimum absolute atomic E-state index is 0.0216. The van der Waals surface area contributed by atoms with Gasteiger partial charge >= 0.3 is 12.0 Å². The number of aromatic nitrogens is 2. The highest BCUT2D eigenvalue weighted by Gasteiger charge is 2.21. The van der Waals surface area contributed by atoms with Crippen molar-refractivity contribution in [2.45, 2.75) is 58.7 Å². The Kier molecular flexibility index (Phi) is 12.9. The Hall–Kier alpha value is -3.42. The summed E-state index contributed by atoms with van der Waals surface area (Å²) in [7, 11) is 0. The van der Waals surface area contributed by atoms with E-state index in [1.807, 2.05) is 13.8 Å². The number of hydrogen-bond acceptors (Lipinski definition) is 8. The molecule has 31 heavy (non-hydrogen) atoms. The van der Waals surface area contributed by atoms with E-state index >= 15 is 0 Å². The van der Waals surface area contributed by atoms with Crippen LogP contribution in [0.4, 0.5) is 4.79 Å². The highest BCUT2D eigenvalue weighted by molar-refractivity contribution is 5.82. The number of amides is 3. The molecular weight excluding hydrogens is 410 g/mol. The molecule has 0 aromatic carbocycles. The second kappa shape index (κ2) is 14.5. The van der Waals surface area contributed by atoms with Crippen LogP contribution in [0.3, 0.4) is 0 Å². The third-order valence-electron chi connectivity index (χ3n) is 3.49. The Labute approximate surface area is 180 Å². The fraction of sp³-hybridized carbons (Fsp3) is 0.647. The minimum Gasteiger partial charge on any atom is -0.480 e. The lowest BCUT2D eigenvalue weighted by atomic mass is 10.0. The van der Waals surface area contributed by atoms with Gasteiger partial charge in [0.05, 0.1) is 12.6 Å². The summed E-state index contributed by atoms with van der Waals surface area (Å²) in [5, 5.41) is 17.8. The number of rotatable bonds is 11. The monoisotopic (exact) mass is 443 g/mol. The molecule has 0 saturated carbocycles. The molecule has 0 spiro atoms. The number of carbonyl (C=O) groups is 3. The third-order valence-corrected chi connectivity index (χ3v) is 3.49. The molecule has 1 aromatic heterocycles. The van der Waals surface area contributed by atoms with Crippen LogP contribution in [0.15, 0.2) is 9.52 Å². The number of carbonyl (C=O) groups excluding carboxylic acids is 2. The fourth-order valence-electron chi connectivity index (χ4n) is 2.20. The molecular formula is C17H33N9O5. The number of carboxylic acid groups (broad SMARTS) is 1. The van der Waals surface area contributed by atoms with Gasteiger partial charge in [0.1, 0.15) is 6.04 Å². The van der Waals surface area contributed by atoms with Gasteiger partial charge in [-0.2, -0.15) is 4.98 Å². The number of nitrogens with one attached hydrogen (secondary N) is 2. The number of urea groups is 1. The first-order valence-corrected chi connectivity index (χ1v) is 9.59. The van der Waals surface area contributed by atoms with Crippen LogP contribution in [0.25, 0.3) is 0 Å². The number of nitrogens with two attached hydrogens (primary N) is 4. The van der Waals surface area contributed by atoms with Gasteiger partial charge in [0.15, 0.2) is 11.8 Å². The standard InChI is InChI=1S/C15H28N8O4.C2H5NO/c1-8(2)6-10(13(24)25)21-15(26)20-7-11-22-12(23-27-11)9(16)4-3-5-19-14(17)18;1-2(3)4/h8-10H,3-7,16H2,1-2H3,(H,24,25)(H4,17,18,19)(H2,20,21,26);1H3,(H2,3,4)/t9-,10-;/m0./s1. The van der Waals surface area contributed by atoms with Crippen molar-refractivity contribution in [1.29, 1.82) is 0 Å². The molecule has 0 saturated heterocycles. The summed E-state index contributed by atoms with van der Waals surface area (Å²) in [6.45, 7) is 5.45. The van der Waals surface area contributed by atoms with E-state index in [9.17, 15) is 14.4 Å². The molecule has 2 atom stereocenters. The summed E-state index contributed by atoms with van der Waals surface area (Å²) in [4.78, 5) is 40.2. The van der Waals surface area contributed by atoms with Gasteiger partial charge in [0.2, 0.25) is 11.8 Å². The Morgan fingerprint density at radius 3 is 2.35 bits per heavy atom. The second-order valence-electron chi connectivity index (χ2n) is 7.06. The molecule has 1 heterocycles. The number of nitrogens with zero attached hydrogens (tertiary/aromatic N) is 3. The first kappa shape index (κ1) is 27.6. The van der Waals surface area contributed by atoms with Crippen LogP contribution < -0.4 is 33.6 Å². The molecule has 0 unspecified atom stereocenters. The summed E-state index contributed by atoms with van der Waals surface area (Å²) in [5.41, 5.74) is 20.9. The molecule has 0 aliphatic carbocycles. The molecule has 1 aromatic rings. The van der Waals surface area contributed by atoms with Crippen LogP contribution in [-0.4, -0.2) is 51.7 Å². The van der Waals surface area contributed by atoms with Gasteiger partial charge in [0.25, 0.3) is 0 Å². The molecule has 0 radical (unpaired) electrons. The topological polar surface area (TPSA) is 251 Å². The zero-order chi connectivity index (χ0) is 24.0. The number of primary amides is 1. The maximum atomic E-state index is 11.8. The van der Waals surface area contributed by atoms with Gasteiger partial charge in [-0.1, -0.05) is 19.0 Å². The Morgan fingerprint density at radius 2 is 1.84 bits per heavy atom. The van der Waals surface area contributed by atoms with Crippen molar-refractivity contribution in [3.63, 3.8) is 0 Å². The SMILES string of the molecule is CC(C)C[C@H](NC(=O)NCc1nc([C@@H](N)CCCN=C(N)N)no1)C(=O)O.CC(N)=O. The van der Waals surface area contributed by atoms with E-state index < -0.39 is 24.1 Å². The van der Waals surface area contributed by atoms with Crippen LogP contribution in [0.5, 0.6) is 0 Å². The van der Waals surface area contributed by atoms with Crippen molar-refractivity contribution < 1.29 is 24.0 Å². The molecule has 14 nitrogen and oxygen atoms in total. The molecule has 11 N–H and O–H groups in total. The Bertz CT molecular complexity index is 727. The largest absolute Gasteiger partial charge is 0.480 e. The number of hydrogen-bond donors (Lipinski definition) is 7. The van der Waals surface area contributed by atoms with Crippen molar-refractivity contribution in [1.82, 2.24) is 20.8 Å². The van der Waals surface area contributed by atoms with E-state index in [1.165, 1.54) is 6.92 Å². The maximum absolute atomic E-state index is 11.8. The average molecular weight is 444 g/mol. The third kappa shape index (κ3) is 14.2. The van der Waals surface area contributed by atoms with Crippen molar-refractivity contribution >= 4 is 23.9 Å². The van der Waals surface area contributed by atoms with Crippen molar-refractivity contribution in [2.24, 2.45) is 33.8 Å². The van der Waals surface area contributed by atoms with Crippen molar-refractivity contribution in [2.75, 3.05) is 6.54 Å². The predicted molar refractivity (Wildman–Crippen MR) is 112 cm³/mol. The van der Waals surface area contributed by atoms with Crippen molar-refractivity contribution in [3.05, 3.63) is 11.7 Å². The number of aliphatic imine (C=N–C) groups is 1. The molecule has 0 aliphatic rings. The highest BCUT2D eigenvalue weighted by Crippen LogP contribution is 2.12. The number of carboxylic acids is 1. The lowest BCUT2D eigenvalue weighted by Crippen LogP contribution is -2.46. The molecule has 1 rings (SSSR count). The van der Waals surface area contributed by atoms with Crippen LogP contribution in [0, 0.1) is 5.92 Å². The lowest BCUT2D eigenvalue weighted by molar-refractivity contribution is -0.139. The van der Waals surface area contributed by atoms with E-state index in [0.717, 1.165) is 0 Å². The van der Waals surface area contributed by atoms with E-state index in [4.69, 9.17) is 26.8 Å². The highest BCUT2D eigenvalue weighted by atomic mass is 16.5. The quantitative estimate of drug-likeness (QED) is 0.123. The fourth-order valence-corrected chi connectivity index (χ4v) is 2.20. The number of guanidine groups is 1. The van der Waals surface area contributed by atoms with Crippen LogP contribution in [-0.2, 0) is 16.1 Å². The summed E-state index contributed by atoms with van der Waals surface area (Å²) in [6.07, 6.45) is 1.53. The predicted octanol–water partition coefficient (Wildman–Crippen LogP) is -1.09.